The Morgan fingerprint density at radius 3 is 2.70 bits per heavy atom. The number of piperazine rings is 1. The number of hydrogen-bond donors (Lipinski definition) is 1. The van der Waals surface area contributed by atoms with Gasteiger partial charge in [0, 0.05) is 32.7 Å². The van der Waals surface area contributed by atoms with Gasteiger partial charge in [0.05, 0.1) is 25.2 Å². The van der Waals surface area contributed by atoms with E-state index in [1.54, 1.807) is 7.11 Å². The number of thioether (sulfide) groups is 1. The first-order valence-corrected chi connectivity index (χ1v) is 9.87. The first kappa shape index (κ1) is 19.7. The number of benzene rings is 1. The van der Waals surface area contributed by atoms with Crippen LogP contribution < -0.4 is 9.47 Å². The Balaban J connectivity index is 1.67. The molecule has 27 heavy (non-hydrogen) atoms. The van der Waals surface area contributed by atoms with E-state index in [2.05, 4.69) is 14.8 Å². The van der Waals surface area contributed by atoms with Gasteiger partial charge in [0.1, 0.15) is 0 Å². The zero-order chi connectivity index (χ0) is 19.2. The van der Waals surface area contributed by atoms with Crippen LogP contribution in [0.3, 0.4) is 0 Å². The van der Waals surface area contributed by atoms with E-state index in [1.165, 1.54) is 11.8 Å². The van der Waals surface area contributed by atoms with E-state index >= 15 is 0 Å². The van der Waals surface area contributed by atoms with E-state index < -0.39 is 0 Å². The van der Waals surface area contributed by atoms with E-state index in [4.69, 9.17) is 14.6 Å². The van der Waals surface area contributed by atoms with E-state index in [-0.39, 0.29) is 12.5 Å². The van der Waals surface area contributed by atoms with Crippen LogP contribution in [0.1, 0.15) is 12.5 Å². The van der Waals surface area contributed by atoms with E-state index in [0.717, 1.165) is 36.9 Å². The second-order valence-corrected chi connectivity index (χ2v) is 7.21. The molecule has 1 amide bonds. The predicted molar refractivity (Wildman–Crippen MR) is 107 cm³/mol. The van der Waals surface area contributed by atoms with E-state index in [1.807, 2.05) is 31.2 Å². The van der Waals surface area contributed by atoms with Gasteiger partial charge >= 0.3 is 0 Å². The quantitative estimate of drug-likeness (QED) is 0.740. The normalized spacial score (nSPS) is 19.5. The fourth-order valence-corrected chi connectivity index (χ4v) is 4.00. The Labute approximate surface area is 163 Å². The van der Waals surface area contributed by atoms with Gasteiger partial charge in [-0.1, -0.05) is 6.07 Å². The second-order valence-electron chi connectivity index (χ2n) is 6.21. The van der Waals surface area contributed by atoms with Gasteiger partial charge in [0.15, 0.2) is 16.7 Å². The lowest BCUT2D eigenvalue weighted by molar-refractivity contribution is -0.113. The predicted octanol–water partition coefficient (Wildman–Crippen LogP) is 1.67. The Morgan fingerprint density at radius 1 is 1.26 bits per heavy atom. The number of β-amino-alcohol motifs (C(OH)–C–C–N with tert-alkyl or cyclic N) is 1. The van der Waals surface area contributed by atoms with Crippen molar-refractivity contribution in [3.63, 3.8) is 0 Å². The molecule has 1 N–H and O–H groups in total. The summed E-state index contributed by atoms with van der Waals surface area (Å²) < 4.78 is 10.9. The number of aliphatic hydroxyl groups is 1. The number of rotatable bonds is 6. The van der Waals surface area contributed by atoms with Crippen molar-refractivity contribution in [3.8, 4) is 11.5 Å². The van der Waals surface area contributed by atoms with Gasteiger partial charge in [-0.2, -0.15) is 4.99 Å². The van der Waals surface area contributed by atoms with Crippen LogP contribution in [0, 0.1) is 0 Å². The van der Waals surface area contributed by atoms with Crippen LogP contribution in [0.4, 0.5) is 0 Å². The van der Waals surface area contributed by atoms with Crippen LogP contribution in [-0.4, -0.2) is 79.0 Å². The minimum absolute atomic E-state index is 0.173. The maximum absolute atomic E-state index is 12.3. The number of carbonyl (C=O) groups is 1. The van der Waals surface area contributed by atoms with Crippen molar-refractivity contribution in [2.24, 2.45) is 4.99 Å². The van der Waals surface area contributed by atoms with Gasteiger partial charge < -0.3 is 19.5 Å². The van der Waals surface area contributed by atoms with Crippen LogP contribution in [0.15, 0.2) is 28.1 Å². The molecule has 146 valence electrons. The molecule has 0 unspecified atom stereocenters. The minimum atomic E-state index is -0.208. The third kappa shape index (κ3) is 4.82. The molecule has 0 atom stereocenters. The molecule has 1 fully saturated rings. The summed E-state index contributed by atoms with van der Waals surface area (Å²) in [7, 11) is 1.60. The summed E-state index contributed by atoms with van der Waals surface area (Å²) in [6.45, 7) is 6.70. The molecule has 0 spiro atoms. The number of hydrogen-bond acceptors (Lipinski definition) is 7. The fourth-order valence-electron chi connectivity index (χ4n) is 3.04. The van der Waals surface area contributed by atoms with Crippen molar-refractivity contribution in [2.45, 2.75) is 6.92 Å². The third-order valence-corrected chi connectivity index (χ3v) is 5.50. The lowest BCUT2D eigenvalue weighted by Crippen LogP contribution is -2.48. The molecule has 2 aliphatic rings. The topological polar surface area (TPSA) is 74.6 Å². The van der Waals surface area contributed by atoms with Crippen molar-refractivity contribution in [3.05, 3.63) is 28.7 Å². The monoisotopic (exact) mass is 391 g/mol. The van der Waals surface area contributed by atoms with Gasteiger partial charge in [-0.05, 0) is 42.5 Å². The number of carbonyl (C=O) groups excluding carboxylic acids is 1. The van der Waals surface area contributed by atoms with Crippen molar-refractivity contribution < 1.29 is 19.4 Å². The maximum Gasteiger partial charge on any atom is 0.286 e. The number of ether oxygens (including phenoxy) is 2. The lowest BCUT2D eigenvalue weighted by Gasteiger charge is -2.34. The summed E-state index contributed by atoms with van der Waals surface area (Å²) in [6, 6.07) is 5.61. The molecule has 7 nitrogen and oxygen atoms in total. The average molecular weight is 391 g/mol. The van der Waals surface area contributed by atoms with Crippen molar-refractivity contribution in [2.75, 3.05) is 53.0 Å². The molecular weight excluding hydrogens is 366 g/mol. The van der Waals surface area contributed by atoms with Gasteiger partial charge in [0.2, 0.25) is 0 Å². The molecule has 2 aliphatic heterocycles. The third-order valence-electron chi connectivity index (χ3n) is 4.45. The Kier molecular flexibility index (Phi) is 6.76. The summed E-state index contributed by atoms with van der Waals surface area (Å²) in [6.07, 6.45) is 1.84. The highest BCUT2D eigenvalue weighted by Crippen LogP contribution is 2.33. The van der Waals surface area contributed by atoms with Crippen molar-refractivity contribution in [1.29, 1.82) is 0 Å². The fraction of sp³-hybridized carbons (Fsp3) is 0.474. The molecule has 0 radical (unpaired) electrons. The largest absolute Gasteiger partial charge is 0.493 e. The zero-order valence-electron chi connectivity index (χ0n) is 15.7. The number of nitrogens with zero attached hydrogens (tertiary/aromatic N) is 3. The molecule has 2 heterocycles. The zero-order valence-corrected chi connectivity index (χ0v) is 16.5. The first-order valence-electron chi connectivity index (χ1n) is 9.06. The number of amidine groups is 1. The average Bonchev–Trinajstić information content (AvgIpc) is 3.04. The van der Waals surface area contributed by atoms with Crippen LogP contribution in [0.5, 0.6) is 11.5 Å². The highest BCUT2D eigenvalue weighted by molar-refractivity contribution is 8.18. The molecule has 0 bridgehead atoms. The Hall–Kier alpha value is -2.03. The van der Waals surface area contributed by atoms with Crippen LogP contribution in [0.2, 0.25) is 0 Å². The van der Waals surface area contributed by atoms with Gasteiger partial charge in [-0.15, -0.1) is 0 Å². The molecule has 8 heteroatoms. The summed E-state index contributed by atoms with van der Waals surface area (Å²) in [5.74, 6) is 1.12. The van der Waals surface area contributed by atoms with Crippen molar-refractivity contribution in [1.82, 2.24) is 9.80 Å². The smallest absolute Gasteiger partial charge is 0.286 e. The van der Waals surface area contributed by atoms with Crippen LogP contribution >= 0.6 is 11.8 Å². The molecule has 0 aliphatic carbocycles. The van der Waals surface area contributed by atoms with E-state index in [9.17, 15) is 4.79 Å². The van der Waals surface area contributed by atoms with Crippen LogP contribution in [-0.2, 0) is 4.79 Å². The highest BCUT2D eigenvalue weighted by atomic mass is 32.2. The standard InChI is InChI=1S/C19H25N3O4S/c1-3-26-15-5-4-14(12-16(15)25-2)13-17-18(24)20-19(27-17)22-8-6-21(7-9-22)10-11-23/h4-5,12-13,23H,3,6-11H2,1-2H3/b17-13-. The summed E-state index contributed by atoms with van der Waals surface area (Å²) in [4.78, 5) is 21.5. The first-order chi connectivity index (χ1) is 13.1. The van der Waals surface area contributed by atoms with Crippen LogP contribution in [0.25, 0.3) is 6.08 Å². The summed E-state index contributed by atoms with van der Waals surface area (Å²) in [5, 5.41) is 9.80. The van der Waals surface area contributed by atoms with Gasteiger partial charge in [0.25, 0.3) is 5.91 Å². The molecule has 3 rings (SSSR count). The summed E-state index contributed by atoms with van der Waals surface area (Å²) >= 11 is 1.41. The molecule has 0 saturated carbocycles. The molecular formula is C19H25N3O4S. The number of methoxy groups -OCH3 is 1. The molecule has 1 saturated heterocycles. The maximum atomic E-state index is 12.3. The lowest BCUT2D eigenvalue weighted by atomic mass is 10.2. The number of aliphatic imine (C=N–C) groups is 1. The number of aliphatic hydroxyl groups excluding tert-OH is 1. The minimum Gasteiger partial charge on any atom is -0.493 e. The van der Waals surface area contributed by atoms with Crippen molar-refractivity contribution >= 4 is 28.9 Å². The summed E-state index contributed by atoms with van der Waals surface area (Å²) in [5.41, 5.74) is 0.871. The highest BCUT2D eigenvalue weighted by Gasteiger charge is 2.28. The van der Waals surface area contributed by atoms with Gasteiger partial charge in [-0.3, -0.25) is 9.69 Å². The molecule has 0 aromatic heterocycles. The van der Waals surface area contributed by atoms with E-state index in [0.29, 0.717) is 29.6 Å². The SMILES string of the molecule is CCOc1ccc(/C=C2\SC(N3CCN(CCO)CC3)=NC2=O)cc1OC. The molecule has 1 aromatic rings. The molecule has 1 aromatic carbocycles. The number of amides is 1. The second kappa shape index (κ2) is 9.25. The Morgan fingerprint density at radius 2 is 2.04 bits per heavy atom. The van der Waals surface area contributed by atoms with Gasteiger partial charge in [-0.25, -0.2) is 0 Å². The Bertz CT molecular complexity index is 742.